The molecule has 2 aromatic rings. The topological polar surface area (TPSA) is 64.4 Å². The Morgan fingerprint density at radius 1 is 1.48 bits per heavy atom. The normalized spacial score (nSPS) is 11.6. The van der Waals surface area contributed by atoms with Crippen molar-refractivity contribution in [3.05, 3.63) is 34.0 Å². The van der Waals surface area contributed by atoms with Gasteiger partial charge < -0.3 is 14.4 Å². The van der Waals surface area contributed by atoms with Gasteiger partial charge in [0.05, 0.1) is 18.2 Å². The average molecular weight is 308 g/mol. The lowest BCUT2D eigenvalue weighted by atomic mass is 9.95. The predicted molar refractivity (Wildman–Crippen MR) is 82.2 cm³/mol. The Morgan fingerprint density at radius 2 is 2.19 bits per heavy atom. The second-order valence-electron chi connectivity index (χ2n) is 5.82. The first-order valence-electron chi connectivity index (χ1n) is 6.82. The summed E-state index contributed by atoms with van der Waals surface area (Å²) in [6.07, 6.45) is 3.48. The number of aromatic carboxylic acids is 1. The molecule has 0 saturated heterocycles. The van der Waals surface area contributed by atoms with Gasteiger partial charge in [0.15, 0.2) is 4.88 Å². The third-order valence-corrected chi connectivity index (χ3v) is 4.68. The number of carbonyl (C=O) groups is 1. The molecule has 0 atom stereocenters. The van der Waals surface area contributed by atoms with Crippen LogP contribution in [0.2, 0.25) is 0 Å². The quantitative estimate of drug-likeness (QED) is 0.917. The van der Waals surface area contributed by atoms with Gasteiger partial charge in [-0.05, 0) is 18.4 Å². The Hall–Kier alpha value is -1.82. The van der Waals surface area contributed by atoms with Crippen molar-refractivity contribution in [3.63, 3.8) is 0 Å². The van der Waals surface area contributed by atoms with Crippen LogP contribution in [0.1, 0.15) is 47.9 Å². The van der Waals surface area contributed by atoms with E-state index in [0.29, 0.717) is 12.4 Å². The van der Waals surface area contributed by atoms with E-state index in [4.69, 9.17) is 4.74 Å². The Balaban J connectivity index is 2.23. The number of nitrogens with zero attached hydrogens (tertiary/aromatic N) is 2. The molecule has 114 valence electrons. The van der Waals surface area contributed by atoms with Crippen molar-refractivity contribution in [3.8, 4) is 5.75 Å². The van der Waals surface area contributed by atoms with Crippen molar-refractivity contribution in [2.45, 2.75) is 46.3 Å². The first-order chi connectivity index (χ1) is 9.82. The Labute approximate surface area is 128 Å². The largest absolute Gasteiger partial charge is 0.486 e. The molecule has 1 N–H and O–H groups in total. The van der Waals surface area contributed by atoms with E-state index in [-0.39, 0.29) is 10.3 Å². The smallest absolute Gasteiger partial charge is 0.349 e. The molecule has 0 radical (unpaired) electrons. The molecule has 0 fully saturated rings. The van der Waals surface area contributed by atoms with Crippen LogP contribution in [0.5, 0.6) is 5.75 Å². The predicted octanol–water partition coefficient (Wildman–Crippen LogP) is 3.54. The molecule has 0 aliphatic carbocycles. The molecule has 5 nitrogen and oxygen atoms in total. The number of thiophene rings is 1. The summed E-state index contributed by atoms with van der Waals surface area (Å²) in [5.41, 5.74) is 0.833. The van der Waals surface area contributed by atoms with Crippen LogP contribution >= 0.6 is 11.3 Å². The lowest BCUT2D eigenvalue weighted by molar-refractivity contribution is 0.0697. The number of hydrogen-bond donors (Lipinski definition) is 1. The number of ether oxygens (including phenoxy) is 1. The average Bonchev–Trinajstić information content (AvgIpc) is 3.01. The minimum Gasteiger partial charge on any atom is -0.486 e. The molecule has 0 amide bonds. The Morgan fingerprint density at radius 3 is 2.76 bits per heavy atom. The molecule has 0 aliphatic heterocycles. The maximum Gasteiger partial charge on any atom is 0.349 e. The highest BCUT2D eigenvalue weighted by molar-refractivity contribution is 7.14. The van der Waals surface area contributed by atoms with E-state index >= 15 is 0 Å². The fourth-order valence-corrected chi connectivity index (χ4v) is 2.90. The summed E-state index contributed by atoms with van der Waals surface area (Å²) >= 11 is 1.27. The zero-order valence-corrected chi connectivity index (χ0v) is 13.5. The van der Waals surface area contributed by atoms with Crippen molar-refractivity contribution in [1.29, 1.82) is 0 Å². The first-order valence-corrected chi connectivity index (χ1v) is 7.64. The van der Waals surface area contributed by atoms with Crippen molar-refractivity contribution in [2.24, 2.45) is 0 Å². The van der Waals surface area contributed by atoms with Crippen LogP contribution in [0.15, 0.2) is 18.6 Å². The summed E-state index contributed by atoms with van der Waals surface area (Å²) in [5.74, 6) is -0.518. The first kappa shape index (κ1) is 15.6. The van der Waals surface area contributed by atoms with Crippen LogP contribution in [0, 0.1) is 0 Å². The molecule has 0 spiro atoms. The van der Waals surface area contributed by atoms with E-state index in [1.807, 2.05) is 17.6 Å². The van der Waals surface area contributed by atoms with Gasteiger partial charge in [0, 0.05) is 11.4 Å². The van der Waals surface area contributed by atoms with E-state index in [9.17, 15) is 9.90 Å². The van der Waals surface area contributed by atoms with Crippen molar-refractivity contribution in [1.82, 2.24) is 9.55 Å². The molecule has 0 saturated carbocycles. The van der Waals surface area contributed by atoms with Crippen LogP contribution < -0.4 is 4.74 Å². The molecule has 0 aromatic carbocycles. The van der Waals surface area contributed by atoms with E-state index in [1.165, 1.54) is 11.3 Å². The number of carboxylic acids is 1. The molecule has 0 bridgehead atoms. The number of hydrogen-bond acceptors (Lipinski definition) is 4. The van der Waals surface area contributed by atoms with Gasteiger partial charge in [0.2, 0.25) is 0 Å². The Bertz CT molecular complexity index is 638. The summed E-state index contributed by atoms with van der Waals surface area (Å²) < 4.78 is 7.70. The summed E-state index contributed by atoms with van der Waals surface area (Å²) in [6.45, 7) is 9.31. The maximum absolute atomic E-state index is 11.4. The highest BCUT2D eigenvalue weighted by Crippen LogP contribution is 2.37. The third-order valence-electron chi connectivity index (χ3n) is 3.15. The number of rotatable bonds is 5. The van der Waals surface area contributed by atoms with Crippen LogP contribution in [-0.4, -0.2) is 20.6 Å². The van der Waals surface area contributed by atoms with Gasteiger partial charge >= 0.3 is 5.97 Å². The fraction of sp³-hybridized carbons (Fsp3) is 0.467. The number of imidazole rings is 1. The second-order valence-corrected chi connectivity index (χ2v) is 6.87. The Kier molecular flexibility index (Phi) is 4.37. The molecule has 2 heterocycles. The van der Waals surface area contributed by atoms with Crippen molar-refractivity contribution in [2.75, 3.05) is 0 Å². The highest BCUT2D eigenvalue weighted by Gasteiger charge is 2.23. The van der Waals surface area contributed by atoms with E-state index in [2.05, 4.69) is 25.8 Å². The van der Waals surface area contributed by atoms with Crippen LogP contribution in [0.3, 0.4) is 0 Å². The van der Waals surface area contributed by atoms with Gasteiger partial charge in [-0.25, -0.2) is 9.78 Å². The number of carboxylic acid groups (broad SMARTS) is 1. The summed E-state index contributed by atoms with van der Waals surface area (Å²) in [5, 5.41) is 9.32. The van der Waals surface area contributed by atoms with E-state index < -0.39 is 5.97 Å². The molecule has 2 aromatic heterocycles. The fourth-order valence-electron chi connectivity index (χ4n) is 1.90. The molecule has 21 heavy (non-hydrogen) atoms. The second kappa shape index (κ2) is 5.89. The van der Waals surface area contributed by atoms with Gasteiger partial charge in [-0.1, -0.05) is 20.8 Å². The van der Waals surface area contributed by atoms with Gasteiger partial charge in [-0.3, -0.25) is 0 Å². The summed E-state index contributed by atoms with van der Waals surface area (Å²) in [6, 6.07) is 1.83. The van der Waals surface area contributed by atoms with Crippen LogP contribution in [0.25, 0.3) is 0 Å². The monoisotopic (exact) mass is 308 g/mol. The third kappa shape index (κ3) is 3.44. The standard InChI is InChI=1S/C15H20N2O3S/c1-5-17-9-16-7-10(17)8-20-11-6-12(15(2,3)4)21-13(11)14(18)19/h6-7,9H,5,8H2,1-4H3,(H,18,19). The lowest BCUT2D eigenvalue weighted by Gasteiger charge is -2.15. The molecular weight excluding hydrogens is 288 g/mol. The van der Waals surface area contributed by atoms with Crippen molar-refractivity contribution < 1.29 is 14.6 Å². The minimum absolute atomic E-state index is 0.0956. The lowest BCUT2D eigenvalue weighted by Crippen LogP contribution is -2.08. The van der Waals surface area contributed by atoms with Crippen molar-refractivity contribution >= 4 is 17.3 Å². The van der Waals surface area contributed by atoms with E-state index in [0.717, 1.165) is 17.1 Å². The zero-order chi connectivity index (χ0) is 15.6. The van der Waals surface area contributed by atoms with Crippen LogP contribution in [-0.2, 0) is 18.6 Å². The zero-order valence-electron chi connectivity index (χ0n) is 12.7. The molecule has 0 aliphatic rings. The van der Waals surface area contributed by atoms with Gasteiger partial charge in [0.25, 0.3) is 0 Å². The van der Waals surface area contributed by atoms with Gasteiger partial charge in [-0.15, -0.1) is 11.3 Å². The highest BCUT2D eigenvalue weighted by atomic mass is 32.1. The molecule has 6 heteroatoms. The molecular formula is C15H20N2O3S. The maximum atomic E-state index is 11.4. The SMILES string of the molecule is CCn1cncc1COc1cc(C(C)(C)C)sc1C(=O)O. The molecule has 0 unspecified atom stereocenters. The van der Waals surface area contributed by atoms with Gasteiger partial charge in [0.1, 0.15) is 12.4 Å². The summed E-state index contributed by atoms with van der Waals surface area (Å²) in [4.78, 5) is 16.7. The minimum atomic E-state index is -0.950. The van der Waals surface area contributed by atoms with E-state index in [1.54, 1.807) is 12.5 Å². The molecule has 2 rings (SSSR count). The number of aromatic nitrogens is 2. The van der Waals surface area contributed by atoms with Crippen LogP contribution in [0.4, 0.5) is 0 Å². The number of aryl methyl sites for hydroxylation is 1. The summed E-state index contributed by atoms with van der Waals surface area (Å²) in [7, 11) is 0. The van der Waals surface area contributed by atoms with Gasteiger partial charge in [-0.2, -0.15) is 0 Å².